The Bertz CT molecular complexity index is 484. The van der Waals surface area contributed by atoms with Crippen LogP contribution in [0, 0.1) is 11.7 Å². The number of benzene rings is 1. The van der Waals surface area contributed by atoms with E-state index in [2.05, 4.69) is 22.5 Å². The molecule has 1 aromatic rings. The van der Waals surface area contributed by atoms with Gasteiger partial charge in [0, 0.05) is 18.2 Å². The van der Waals surface area contributed by atoms with Crippen LogP contribution in [0.5, 0.6) is 0 Å². The topological polar surface area (TPSA) is 56.7 Å². The largest absolute Gasteiger partial charge is 0.386 e. The lowest BCUT2D eigenvalue weighted by atomic mass is 10.1. The van der Waals surface area contributed by atoms with Crippen LogP contribution in [0.1, 0.15) is 31.9 Å². The normalized spacial score (nSPS) is 22.2. The van der Waals surface area contributed by atoms with Crippen molar-refractivity contribution >= 4 is 29.9 Å². The highest BCUT2D eigenvalue weighted by Gasteiger charge is 2.33. The van der Waals surface area contributed by atoms with Gasteiger partial charge >= 0.3 is 0 Å². The molecule has 2 rings (SSSR count). The Morgan fingerprint density at radius 1 is 1.48 bits per heavy atom. The lowest BCUT2D eigenvalue weighted by Crippen LogP contribution is -2.39. The number of aliphatic hydroxyl groups excluding tert-OH is 1. The molecule has 3 N–H and O–H groups in total. The maximum atomic E-state index is 13.5. The minimum atomic E-state index is -0.928. The van der Waals surface area contributed by atoms with E-state index in [0.29, 0.717) is 17.9 Å². The second-order valence-corrected chi connectivity index (χ2v) is 5.22. The maximum Gasteiger partial charge on any atom is 0.191 e. The van der Waals surface area contributed by atoms with Crippen LogP contribution in [-0.2, 0) is 0 Å². The van der Waals surface area contributed by atoms with Gasteiger partial charge in [0.25, 0.3) is 0 Å². The van der Waals surface area contributed by atoms with Crippen LogP contribution < -0.4 is 10.6 Å². The smallest absolute Gasteiger partial charge is 0.191 e. The first-order valence-corrected chi connectivity index (χ1v) is 7.09. The fourth-order valence-corrected chi connectivity index (χ4v) is 2.04. The van der Waals surface area contributed by atoms with Gasteiger partial charge in [-0.15, -0.1) is 24.0 Å². The van der Waals surface area contributed by atoms with Crippen LogP contribution in [0.2, 0.25) is 0 Å². The molecule has 3 unspecified atom stereocenters. The van der Waals surface area contributed by atoms with Crippen molar-refractivity contribution in [2.24, 2.45) is 10.9 Å². The summed E-state index contributed by atoms with van der Waals surface area (Å²) in [6, 6.07) is 6.70. The van der Waals surface area contributed by atoms with Crippen LogP contribution in [-0.4, -0.2) is 30.2 Å². The third-order valence-electron chi connectivity index (χ3n) is 3.46. The Hall–Kier alpha value is -0.890. The first kappa shape index (κ1) is 18.2. The molecule has 0 amide bonds. The van der Waals surface area contributed by atoms with Gasteiger partial charge < -0.3 is 15.7 Å². The van der Waals surface area contributed by atoms with E-state index in [9.17, 15) is 9.50 Å². The van der Waals surface area contributed by atoms with E-state index in [4.69, 9.17) is 0 Å². The van der Waals surface area contributed by atoms with Crippen molar-refractivity contribution in [1.29, 1.82) is 0 Å². The summed E-state index contributed by atoms with van der Waals surface area (Å²) in [6.07, 6.45) is 0.212. The summed E-state index contributed by atoms with van der Waals surface area (Å²) in [5.41, 5.74) is 0.284. The number of aliphatic hydroxyl groups is 1. The summed E-state index contributed by atoms with van der Waals surface area (Å²) >= 11 is 0. The van der Waals surface area contributed by atoms with Crippen molar-refractivity contribution in [2.45, 2.75) is 32.4 Å². The van der Waals surface area contributed by atoms with Gasteiger partial charge in [0.05, 0.1) is 6.54 Å². The van der Waals surface area contributed by atoms with Gasteiger partial charge in [0.15, 0.2) is 5.96 Å². The molecule has 21 heavy (non-hydrogen) atoms. The number of halogens is 2. The Labute approximate surface area is 142 Å². The standard InChI is InChI=1S/C15H22FN3O.HI/c1-3-17-15(19-13-8-10(13)2)18-9-14(20)11-6-4-5-7-12(11)16;/h4-7,10,13-14,20H,3,8-9H2,1-2H3,(H2,17,18,19);1H. The molecule has 0 heterocycles. The highest BCUT2D eigenvalue weighted by Crippen LogP contribution is 2.28. The van der Waals surface area contributed by atoms with E-state index < -0.39 is 11.9 Å². The van der Waals surface area contributed by atoms with Gasteiger partial charge in [-0.25, -0.2) is 4.39 Å². The zero-order valence-electron chi connectivity index (χ0n) is 12.3. The Kier molecular flexibility index (Phi) is 7.37. The second-order valence-electron chi connectivity index (χ2n) is 5.22. The fraction of sp³-hybridized carbons (Fsp3) is 0.533. The van der Waals surface area contributed by atoms with Crippen molar-refractivity contribution in [1.82, 2.24) is 10.6 Å². The van der Waals surface area contributed by atoms with Crippen LogP contribution in [0.4, 0.5) is 4.39 Å². The molecule has 4 nitrogen and oxygen atoms in total. The first-order chi connectivity index (χ1) is 9.61. The molecule has 118 valence electrons. The van der Waals surface area contributed by atoms with E-state index in [1.54, 1.807) is 18.2 Å². The van der Waals surface area contributed by atoms with Crippen LogP contribution >= 0.6 is 24.0 Å². The van der Waals surface area contributed by atoms with Crippen molar-refractivity contribution in [3.63, 3.8) is 0 Å². The average Bonchev–Trinajstić information content (AvgIpc) is 3.12. The van der Waals surface area contributed by atoms with Crippen LogP contribution in [0.25, 0.3) is 0 Å². The van der Waals surface area contributed by atoms with Gasteiger partial charge in [-0.2, -0.15) is 0 Å². The lowest BCUT2D eigenvalue weighted by Gasteiger charge is -2.13. The van der Waals surface area contributed by atoms with Gasteiger partial charge in [0.1, 0.15) is 11.9 Å². The van der Waals surface area contributed by atoms with Gasteiger partial charge in [-0.05, 0) is 25.3 Å². The van der Waals surface area contributed by atoms with Gasteiger partial charge in [-0.3, -0.25) is 4.99 Å². The molecule has 0 spiro atoms. The molecule has 1 saturated carbocycles. The van der Waals surface area contributed by atoms with E-state index in [-0.39, 0.29) is 36.1 Å². The summed E-state index contributed by atoms with van der Waals surface area (Å²) in [7, 11) is 0. The Balaban J connectivity index is 0.00000220. The molecule has 1 fully saturated rings. The zero-order chi connectivity index (χ0) is 14.5. The molecule has 0 saturated heterocycles. The van der Waals surface area contributed by atoms with Crippen molar-refractivity contribution in [3.8, 4) is 0 Å². The molecule has 1 aliphatic carbocycles. The number of hydrogen-bond acceptors (Lipinski definition) is 2. The zero-order valence-corrected chi connectivity index (χ0v) is 14.7. The molecule has 0 radical (unpaired) electrons. The second kappa shape index (κ2) is 8.53. The molecular weight excluding hydrogens is 384 g/mol. The quantitative estimate of drug-likeness (QED) is 0.399. The number of aliphatic imine (C=N–C) groups is 1. The SMILES string of the molecule is CCNC(=NCC(O)c1ccccc1F)NC1CC1C.I. The molecule has 6 heteroatoms. The highest BCUT2D eigenvalue weighted by atomic mass is 127. The molecule has 0 aliphatic heterocycles. The lowest BCUT2D eigenvalue weighted by molar-refractivity contribution is 0.182. The molecule has 0 aromatic heterocycles. The van der Waals surface area contributed by atoms with Crippen LogP contribution in [0.3, 0.4) is 0 Å². The van der Waals surface area contributed by atoms with E-state index in [1.807, 2.05) is 6.92 Å². The molecule has 1 aromatic carbocycles. The summed E-state index contributed by atoms with van der Waals surface area (Å²) in [5.74, 6) is 0.941. The van der Waals surface area contributed by atoms with E-state index in [0.717, 1.165) is 13.0 Å². The van der Waals surface area contributed by atoms with E-state index >= 15 is 0 Å². The number of hydrogen-bond donors (Lipinski definition) is 3. The van der Waals surface area contributed by atoms with Gasteiger partial charge in [0.2, 0.25) is 0 Å². The van der Waals surface area contributed by atoms with E-state index in [1.165, 1.54) is 6.07 Å². The predicted octanol–water partition coefficient (Wildman–Crippen LogP) is 2.44. The Morgan fingerprint density at radius 2 is 2.14 bits per heavy atom. The highest BCUT2D eigenvalue weighted by molar-refractivity contribution is 14.0. The number of nitrogens with zero attached hydrogens (tertiary/aromatic N) is 1. The van der Waals surface area contributed by atoms with Crippen molar-refractivity contribution < 1.29 is 9.50 Å². The summed E-state index contributed by atoms with van der Waals surface area (Å²) in [5, 5.41) is 16.4. The minimum absolute atomic E-state index is 0. The molecule has 3 atom stereocenters. The molecule has 1 aliphatic rings. The minimum Gasteiger partial charge on any atom is -0.386 e. The number of nitrogens with one attached hydrogen (secondary N) is 2. The van der Waals surface area contributed by atoms with Crippen molar-refractivity contribution in [3.05, 3.63) is 35.6 Å². The number of guanidine groups is 1. The summed E-state index contributed by atoms with van der Waals surface area (Å²) < 4.78 is 13.5. The van der Waals surface area contributed by atoms with Crippen molar-refractivity contribution in [2.75, 3.05) is 13.1 Å². The maximum absolute atomic E-state index is 13.5. The molecular formula is C15H23FIN3O. The monoisotopic (exact) mass is 407 g/mol. The van der Waals surface area contributed by atoms with Crippen LogP contribution in [0.15, 0.2) is 29.3 Å². The third kappa shape index (κ3) is 5.43. The summed E-state index contributed by atoms with van der Waals surface area (Å²) in [4.78, 5) is 4.32. The number of rotatable bonds is 5. The van der Waals surface area contributed by atoms with Gasteiger partial charge in [-0.1, -0.05) is 25.1 Å². The predicted molar refractivity (Wildman–Crippen MR) is 93.5 cm³/mol. The fourth-order valence-electron chi connectivity index (χ4n) is 2.04. The summed E-state index contributed by atoms with van der Waals surface area (Å²) in [6.45, 7) is 5.05. The third-order valence-corrected chi connectivity index (χ3v) is 3.46. The average molecular weight is 407 g/mol. The first-order valence-electron chi connectivity index (χ1n) is 7.09. The molecule has 0 bridgehead atoms. The Morgan fingerprint density at radius 3 is 2.71 bits per heavy atom.